The molecule has 0 radical (unpaired) electrons. The van der Waals surface area contributed by atoms with Gasteiger partial charge in [-0.05, 0) is 37.0 Å². The molecule has 0 atom stereocenters. The van der Waals surface area contributed by atoms with Crippen LogP contribution in [0.25, 0.3) is 0 Å². The zero-order chi connectivity index (χ0) is 13.9. The number of aromatic amines is 1. The van der Waals surface area contributed by atoms with Crippen LogP contribution in [0.4, 0.5) is 0 Å². The zero-order valence-electron chi connectivity index (χ0n) is 10.7. The smallest absolute Gasteiger partial charge is 0.281 e. The summed E-state index contributed by atoms with van der Waals surface area (Å²) in [6.45, 7) is 0. The number of fused-ring (bicyclic) bond motifs is 1. The van der Waals surface area contributed by atoms with E-state index >= 15 is 0 Å². The maximum atomic E-state index is 12.0. The lowest BCUT2D eigenvalue weighted by molar-refractivity contribution is 0.0949. The number of amides is 1. The predicted molar refractivity (Wildman–Crippen MR) is 77.1 cm³/mol. The van der Waals surface area contributed by atoms with Gasteiger partial charge in [-0.3, -0.25) is 9.89 Å². The molecule has 1 aliphatic rings. The molecule has 0 saturated carbocycles. The molecule has 20 heavy (non-hydrogen) atoms. The largest absolute Gasteiger partial charge is 0.292 e. The Morgan fingerprint density at radius 3 is 2.95 bits per heavy atom. The molecule has 0 saturated heterocycles. The van der Waals surface area contributed by atoms with Gasteiger partial charge in [0.1, 0.15) is 0 Å². The van der Waals surface area contributed by atoms with E-state index in [1.807, 2.05) is 12.1 Å². The van der Waals surface area contributed by atoms with Crippen molar-refractivity contribution in [3.05, 3.63) is 51.8 Å². The summed E-state index contributed by atoms with van der Waals surface area (Å²) in [5.41, 5.74) is 5.89. The second-order valence-corrected chi connectivity index (χ2v) is 5.07. The average molecular weight is 289 g/mol. The van der Waals surface area contributed by atoms with Crippen molar-refractivity contribution in [3.8, 4) is 0 Å². The highest BCUT2D eigenvalue weighted by Gasteiger charge is 2.22. The summed E-state index contributed by atoms with van der Waals surface area (Å²) in [6.07, 6.45) is 4.50. The Morgan fingerprint density at radius 2 is 2.15 bits per heavy atom. The average Bonchev–Trinajstić information content (AvgIpc) is 3.03. The number of carbonyl (C=O) groups is 1. The molecular weight excluding hydrogens is 276 g/mol. The third-order valence-electron chi connectivity index (χ3n) is 3.27. The van der Waals surface area contributed by atoms with E-state index in [9.17, 15) is 4.79 Å². The van der Waals surface area contributed by atoms with E-state index in [2.05, 4.69) is 20.7 Å². The second-order valence-electron chi connectivity index (χ2n) is 4.63. The van der Waals surface area contributed by atoms with Gasteiger partial charge >= 0.3 is 0 Å². The first kappa shape index (κ1) is 12.9. The summed E-state index contributed by atoms with van der Waals surface area (Å²) in [5.74, 6) is -0.283. The zero-order valence-corrected chi connectivity index (χ0v) is 11.4. The number of hydrazone groups is 1. The first-order chi connectivity index (χ1) is 9.74. The van der Waals surface area contributed by atoms with Crippen LogP contribution in [0.2, 0.25) is 5.02 Å². The highest BCUT2D eigenvalue weighted by molar-refractivity contribution is 6.30. The van der Waals surface area contributed by atoms with Crippen molar-refractivity contribution in [2.45, 2.75) is 19.3 Å². The van der Waals surface area contributed by atoms with Gasteiger partial charge in [-0.25, -0.2) is 5.43 Å². The lowest BCUT2D eigenvalue weighted by atomic mass is 10.2. The van der Waals surface area contributed by atoms with Crippen LogP contribution >= 0.6 is 11.6 Å². The molecule has 1 aromatic heterocycles. The van der Waals surface area contributed by atoms with Crippen molar-refractivity contribution in [1.29, 1.82) is 0 Å². The number of rotatable bonds is 3. The van der Waals surface area contributed by atoms with Crippen molar-refractivity contribution in [2.24, 2.45) is 5.10 Å². The van der Waals surface area contributed by atoms with Crippen LogP contribution < -0.4 is 5.43 Å². The molecule has 2 N–H and O–H groups in total. The van der Waals surface area contributed by atoms with E-state index in [4.69, 9.17) is 11.6 Å². The van der Waals surface area contributed by atoms with Gasteiger partial charge in [0.2, 0.25) is 0 Å². The van der Waals surface area contributed by atoms with E-state index in [0.717, 1.165) is 36.1 Å². The molecule has 102 valence electrons. The summed E-state index contributed by atoms with van der Waals surface area (Å²) >= 11 is 5.79. The number of nitrogens with one attached hydrogen (secondary N) is 2. The Morgan fingerprint density at radius 1 is 1.35 bits per heavy atom. The Kier molecular flexibility index (Phi) is 3.52. The van der Waals surface area contributed by atoms with Gasteiger partial charge in [0.25, 0.3) is 5.91 Å². The summed E-state index contributed by atoms with van der Waals surface area (Å²) < 4.78 is 0. The number of carbonyl (C=O) groups excluding carboxylic acids is 1. The lowest BCUT2D eigenvalue weighted by Crippen LogP contribution is -2.19. The van der Waals surface area contributed by atoms with Crippen LogP contribution in [0.3, 0.4) is 0 Å². The predicted octanol–water partition coefficient (Wildman–Crippen LogP) is 2.32. The van der Waals surface area contributed by atoms with Crippen LogP contribution in [-0.2, 0) is 12.8 Å². The minimum Gasteiger partial charge on any atom is -0.281 e. The van der Waals surface area contributed by atoms with Crippen LogP contribution in [-0.4, -0.2) is 22.3 Å². The molecule has 0 bridgehead atoms. The van der Waals surface area contributed by atoms with Gasteiger partial charge in [-0.15, -0.1) is 0 Å². The first-order valence-electron chi connectivity index (χ1n) is 6.39. The van der Waals surface area contributed by atoms with E-state index in [-0.39, 0.29) is 5.91 Å². The molecule has 2 aromatic rings. The minimum absolute atomic E-state index is 0.283. The molecule has 0 aliphatic heterocycles. The molecule has 1 aromatic carbocycles. The summed E-state index contributed by atoms with van der Waals surface area (Å²) in [6, 6.07) is 7.19. The van der Waals surface area contributed by atoms with Crippen molar-refractivity contribution in [3.63, 3.8) is 0 Å². The van der Waals surface area contributed by atoms with Crippen molar-refractivity contribution >= 4 is 23.7 Å². The van der Waals surface area contributed by atoms with E-state index in [1.165, 1.54) is 0 Å². The maximum absolute atomic E-state index is 12.0. The van der Waals surface area contributed by atoms with Crippen molar-refractivity contribution in [2.75, 3.05) is 0 Å². The Balaban J connectivity index is 1.66. The van der Waals surface area contributed by atoms with Gasteiger partial charge in [-0.1, -0.05) is 23.7 Å². The number of H-pyrrole nitrogens is 1. The molecule has 3 rings (SSSR count). The quantitative estimate of drug-likeness (QED) is 0.672. The fourth-order valence-electron chi connectivity index (χ4n) is 2.27. The monoisotopic (exact) mass is 288 g/mol. The number of nitrogens with zero attached hydrogens (tertiary/aromatic N) is 2. The van der Waals surface area contributed by atoms with E-state index in [1.54, 1.807) is 18.3 Å². The SMILES string of the molecule is O=C(N/N=C\c1ccc(Cl)cc1)c1n[nH]c2c1CCC2. The molecule has 0 spiro atoms. The third kappa shape index (κ3) is 2.58. The molecule has 0 fully saturated rings. The van der Waals surface area contributed by atoms with Crippen molar-refractivity contribution < 1.29 is 4.79 Å². The number of hydrogen-bond donors (Lipinski definition) is 2. The summed E-state index contributed by atoms with van der Waals surface area (Å²) in [7, 11) is 0. The normalized spacial score (nSPS) is 13.7. The second kappa shape index (κ2) is 5.46. The topological polar surface area (TPSA) is 70.1 Å². The van der Waals surface area contributed by atoms with Crippen LogP contribution in [0.15, 0.2) is 29.4 Å². The van der Waals surface area contributed by atoms with Gasteiger partial charge in [-0.2, -0.15) is 10.2 Å². The lowest BCUT2D eigenvalue weighted by Gasteiger charge is -1.98. The van der Waals surface area contributed by atoms with E-state index in [0.29, 0.717) is 10.7 Å². The molecule has 6 heteroatoms. The third-order valence-corrected chi connectivity index (χ3v) is 3.52. The van der Waals surface area contributed by atoms with Crippen LogP contribution in [0.5, 0.6) is 0 Å². The van der Waals surface area contributed by atoms with Crippen molar-refractivity contribution in [1.82, 2.24) is 15.6 Å². The number of halogens is 1. The molecule has 1 heterocycles. The fourth-order valence-corrected chi connectivity index (χ4v) is 2.40. The summed E-state index contributed by atoms with van der Waals surface area (Å²) in [4.78, 5) is 12.0. The standard InChI is InChI=1S/C14H13ClN4O/c15-10-6-4-9(5-7-10)8-16-19-14(20)13-11-2-1-3-12(11)17-18-13/h4-8H,1-3H2,(H,17,18)(H,19,20)/b16-8-. The molecule has 0 unspecified atom stereocenters. The highest BCUT2D eigenvalue weighted by atomic mass is 35.5. The Bertz CT molecular complexity index is 660. The Labute approximate surface area is 121 Å². The number of aryl methyl sites for hydroxylation is 1. The van der Waals surface area contributed by atoms with Gasteiger partial charge < -0.3 is 0 Å². The number of benzene rings is 1. The summed E-state index contributed by atoms with van der Waals surface area (Å²) in [5, 5.41) is 11.5. The molecular formula is C14H13ClN4O. The minimum atomic E-state index is -0.283. The van der Waals surface area contributed by atoms with Gasteiger partial charge in [0.05, 0.1) is 6.21 Å². The van der Waals surface area contributed by atoms with Gasteiger partial charge in [0, 0.05) is 16.3 Å². The number of aromatic nitrogens is 2. The fraction of sp³-hybridized carbons (Fsp3) is 0.214. The molecule has 1 aliphatic carbocycles. The van der Waals surface area contributed by atoms with Crippen LogP contribution in [0.1, 0.15) is 33.7 Å². The Hall–Kier alpha value is -2.14. The van der Waals surface area contributed by atoms with E-state index < -0.39 is 0 Å². The molecule has 1 amide bonds. The number of hydrogen-bond acceptors (Lipinski definition) is 3. The van der Waals surface area contributed by atoms with Crippen LogP contribution in [0, 0.1) is 0 Å². The maximum Gasteiger partial charge on any atom is 0.292 e. The first-order valence-corrected chi connectivity index (χ1v) is 6.77. The highest BCUT2D eigenvalue weighted by Crippen LogP contribution is 2.22. The van der Waals surface area contributed by atoms with Gasteiger partial charge in [0.15, 0.2) is 5.69 Å². The molecule has 5 nitrogen and oxygen atoms in total.